The summed E-state index contributed by atoms with van der Waals surface area (Å²) in [7, 11) is -3.54. The summed E-state index contributed by atoms with van der Waals surface area (Å²) in [6.07, 6.45) is 0.994. The largest absolute Gasteiger partial charge is 0.411 e. The Morgan fingerprint density at radius 2 is 1.88 bits per heavy atom. The molecule has 24 heavy (non-hydrogen) atoms. The molecule has 0 radical (unpaired) electrons. The van der Waals surface area contributed by atoms with Crippen molar-refractivity contribution in [2.75, 3.05) is 11.0 Å². The Balaban J connectivity index is 2.50. The van der Waals surface area contributed by atoms with Crippen LogP contribution in [0.15, 0.2) is 51.3 Å². The van der Waals surface area contributed by atoms with Gasteiger partial charge in [0.15, 0.2) is 0 Å². The quantitative estimate of drug-likeness (QED) is 0.477. The van der Waals surface area contributed by atoms with Crippen LogP contribution in [0.3, 0.4) is 0 Å². The fourth-order valence-corrected chi connectivity index (χ4v) is 3.44. The van der Waals surface area contributed by atoms with E-state index in [9.17, 15) is 17.2 Å². The van der Waals surface area contributed by atoms with Crippen molar-refractivity contribution in [3.8, 4) is 0 Å². The van der Waals surface area contributed by atoms with Crippen LogP contribution in [0.5, 0.6) is 0 Å². The summed E-state index contributed by atoms with van der Waals surface area (Å²) in [5, 5.41) is 12.0. The first-order valence-corrected chi connectivity index (χ1v) is 9.34. The lowest BCUT2D eigenvalue weighted by Crippen LogP contribution is -2.10. The first-order valence-electron chi connectivity index (χ1n) is 6.63. The number of anilines is 1. The molecule has 2 N–H and O–H groups in total. The van der Waals surface area contributed by atoms with Crippen molar-refractivity contribution < 1.29 is 22.4 Å². The molecule has 0 atom stereocenters. The number of hydrogen-bond acceptors (Lipinski definition) is 5. The van der Waals surface area contributed by atoms with Crippen molar-refractivity contribution in [2.24, 2.45) is 5.16 Å². The number of nitrogens with zero attached hydrogens (tertiary/aromatic N) is 1. The molecule has 2 aromatic rings. The molecule has 2 rings (SSSR count). The topological polar surface area (TPSA) is 78.8 Å². The van der Waals surface area contributed by atoms with Crippen LogP contribution in [0.4, 0.5) is 14.5 Å². The number of halogens is 2. The maximum Gasteiger partial charge on any atom is 0.229 e. The highest BCUT2D eigenvalue weighted by molar-refractivity contribution is 7.99. The van der Waals surface area contributed by atoms with Gasteiger partial charge in [-0.05, 0) is 31.2 Å². The molecule has 0 spiro atoms. The van der Waals surface area contributed by atoms with Gasteiger partial charge < -0.3 is 5.21 Å². The number of sulfonamides is 1. The fourth-order valence-electron chi connectivity index (χ4n) is 1.85. The van der Waals surface area contributed by atoms with Crippen molar-refractivity contribution in [3.05, 3.63) is 53.6 Å². The molecule has 9 heteroatoms. The summed E-state index contributed by atoms with van der Waals surface area (Å²) in [5.74, 6) is -1.47. The first-order chi connectivity index (χ1) is 11.2. The lowest BCUT2D eigenvalue weighted by molar-refractivity contribution is 0.319. The van der Waals surface area contributed by atoms with Crippen LogP contribution >= 0.6 is 11.8 Å². The Hall–Kier alpha value is -2.13. The van der Waals surface area contributed by atoms with Gasteiger partial charge >= 0.3 is 0 Å². The van der Waals surface area contributed by atoms with Crippen LogP contribution < -0.4 is 4.72 Å². The monoisotopic (exact) mass is 372 g/mol. The third-order valence-electron chi connectivity index (χ3n) is 2.96. The van der Waals surface area contributed by atoms with E-state index in [0.29, 0.717) is 16.2 Å². The summed E-state index contributed by atoms with van der Waals surface area (Å²) in [5.41, 5.74) is 1.07. The molecular weight excluding hydrogens is 358 g/mol. The smallest absolute Gasteiger partial charge is 0.229 e. The van der Waals surface area contributed by atoms with E-state index in [4.69, 9.17) is 5.21 Å². The van der Waals surface area contributed by atoms with Crippen LogP contribution in [0.1, 0.15) is 12.5 Å². The Morgan fingerprint density at radius 3 is 2.46 bits per heavy atom. The second kappa shape index (κ2) is 7.18. The van der Waals surface area contributed by atoms with Gasteiger partial charge in [0.05, 0.1) is 17.7 Å². The number of hydrogen-bond donors (Lipinski definition) is 2. The molecule has 2 aromatic carbocycles. The van der Waals surface area contributed by atoms with Gasteiger partial charge in [0, 0.05) is 21.4 Å². The summed E-state index contributed by atoms with van der Waals surface area (Å²) >= 11 is 0.927. The minimum absolute atomic E-state index is 0.128. The highest BCUT2D eigenvalue weighted by Crippen LogP contribution is 2.36. The lowest BCUT2D eigenvalue weighted by Gasteiger charge is -2.12. The Labute approximate surface area is 142 Å². The normalized spacial score (nSPS) is 12.2. The van der Waals surface area contributed by atoms with Crippen molar-refractivity contribution in [2.45, 2.75) is 16.7 Å². The number of nitrogens with one attached hydrogen (secondary N) is 1. The van der Waals surface area contributed by atoms with E-state index in [-0.39, 0.29) is 10.6 Å². The van der Waals surface area contributed by atoms with E-state index >= 15 is 0 Å². The van der Waals surface area contributed by atoms with Crippen LogP contribution in [0.2, 0.25) is 0 Å². The molecule has 0 saturated carbocycles. The summed E-state index contributed by atoms with van der Waals surface area (Å²) in [6.45, 7) is 1.56. The highest BCUT2D eigenvalue weighted by Gasteiger charge is 2.14. The number of oxime groups is 1. The van der Waals surface area contributed by atoms with Gasteiger partial charge in [0.25, 0.3) is 0 Å². The van der Waals surface area contributed by atoms with Gasteiger partial charge in [0.2, 0.25) is 10.0 Å². The molecule has 0 heterocycles. The molecule has 0 saturated heterocycles. The van der Waals surface area contributed by atoms with Gasteiger partial charge in [-0.25, -0.2) is 17.2 Å². The van der Waals surface area contributed by atoms with E-state index in [1.807, 2.05) is 0 Å². The van der Waals surface area contributed by atoms with Gasteiger partial charge in [0.1, 0.15) is 11.6 Å². The van der Waals surface area contributed by atoms with Gasteiger partial charge in [-0.2, -0.15) is 0 Å². The van der Waals surface area contributed by atoms with Crippen molar-refractivity contribution >= 4 is 33.2 Å². The highest BCUT2D eigenvalue weighted by atomic mass is 32.2. The van der Waals surface area contributed by atoms with Crippen molar-refractivity contribution in [1.29, 1.82) is 0 Å². The summed E-state index contributed by atoms with van der Waals surface area (Å²) < 4.78 is 52.2. The third kappa shape index (κ3) is 4.68. The third-order valence-corrected chi connectivity index (χ3v) is 4.66. The van der Waals surface area contributed by atoms with Crippen LogP contribution in [0, 0.1) is 11.6 Å². The molecule has 5 nitrogen and oxygen atoms in total. The van der Waals surface area contributed by atoms with E-state index < -0.39 is 21.7 Å². The lowest BCUT2D eigenvalue weighted by atomic mass is 10.1. The molecular formula is C15H14F2N2O3S2. The minimum atomic E-state index is -3.54. The Morgan fingerprint density at radius 1 is 1.17 bits per heavy atom. The van der Waals surface area contributed by atoms with E-state index in [1.165, 1.54) is 12.1 Å². The Bertz CT molecular complexity index is 900. The summed E-state index contributed by atoms with van der Waals surface area (Å²) in [4.78, 5) is 0.509. The van der Waals surface area contributed by atoms with Gasteiger partial charge in [-0.3, -0.25) is 4.72 Å². The second-order valence-corrected chi connectivity index (χ2v) is 7.78. The first kappa shape index (κ1) is 18.2. The molecule has 128 valence electrons. The predicted octanol–water partition coefficient (Wildman–Crippen LogP) is 3.69. The van der Waals surface area contributed by atoms with Gasteiger partial charge in [-0.1, -0.05) is 23.0 Å². The molecule has 0 aliphatic carbocycles. The van der Waals surface area contributed by atoms with Crippen molar-refractivity contribution in [1.82, 2.24) is 0 Å². The standard InChI is InChI=1S/C15H14F2N2O3S2/c1-9(18-20)10-3-5-13(19-24(2,21)22)15(7-10)23-14-6-4-11(16)8-12(14)17/h3-8,19-20H,1-2H3. The molecule has 0 amide bonds. The van der Waals surface area contributed by atoms with Crippen LogP contribution in [-0.4, -0.2) is 25.6 Å². The summed E-state index contributed by atoms with van der Waals surface area (Å²) in [6, 6.07) is 7.72. The maximum absolute atomic E-state index is 13.9. The van der Waals surface area contributed by atoms with Crippen LogP contribution in [0.25, 0.3) is 0 Å². The second-order valence-electron chi connectivity index (χ2n) is 4.95. The van der Waals surface area contributed by atoms with Crippen molar-refractivity contribution in [3.63, 3.8) is 0 Å². The maximum atomic E-state index is 13.9. The van der Waals surface area contributed by atoms with E-state index in [0.717, 1.165) is 30.2 Å². The molecule has 0 aliphatic rings. The molecule has 0 aromatic heterocycles. The Kier molecular flexibility index (Phi) is 5.45. The predicted molar refractivity (Wildman–Crippen MR) is 89.4 cm³/mol. The number of benzene rings is 2. The zero-order valence-corrected chi connectivity index (χ0v) is 14.4. The average Bonchev–Trinajstić information content (AvgIpc) is 2.49. The minimum Gasteiger partial charge on any atom is -0.411 e. The molecule has 0 aliphatic heterocycles. The van der Waals surface area contributed by atoms with E-state index in [2.05, 4.69) is 9.88 Å². The fraction of sp³-hybridized carbons (Fsp3) is 0.133. The zero-order chi connectivity index (χ0) is 17.9. The SMILES string of the molecule is CC(=NO)c1ccc(NS(C)(=O)=O)c(Sc2ccc(F)cc2F)c1. The van der Waals surface area contributed by atoms with Gasteiger partial charge in [-0.15, -0.1) is 0 Å². The molecule has 0 bridgehead atoms. The van der Waals surface area contributed by atoms with E-state index in [1.54, 1.807) is 19.1 Å². The van der Waals surface area contributed by atoms with Crippen LogP contribution in [-0.2, 0) is 10.0 Å². The average molecular weight is 372 g/mol. The molecule has 0 fully saturated rings. The molecule has 0 unspecified atom stereocenters. The number of rotatable bonds is 5. The zero-order valence-electron chi connectivity index (χ0n) is 12.7.